The van der Waals surface area contributed by atoms with E-state index in [1.807, 2.05) is 0 Å². The molecule has 18 heavy (non-hydrogen) atoms. The van der Waals surface area contributed by atoms with Crippen molar-refractivity contribution >= 4 is 0 Å². The van der Waals surface area contributed by atoms with Crippen LogP contribution in [0.5, 0.6) is 0 Å². The maximum Gasteiger partial charge on any atom is 0.133 e. The second-order valence-corrected chi connectivity index (χ2v) is 6.16. The van der Waals surface area contributed by atoms with Crippen LogP contribution in [0, 0.1) is 0 Å². The van der Waals surface area contributed by atoms with Crippen LogP contribution >= 0.6 is 0 Å². The second kappa shape index (κ2) is 4.68. The normalized spacial score (nSPS) is 27.3. The van der Waals surface area contributed by atoms with Gasteiger partial charge in [0.25, 0.3) is 0 Å². The highest BCUT2D eigenvalue weighted by Gasteiger charge is 2.45. The first kappa shape index (κ1) is 13.6. The lowest BCUT2D eigenvalue weighted by atomic mass is 9.94. The number of ether oxygens (including phenoxy) is 1. The maximum absolute atomic E-state index is 9.97. The summed E-state index contributed by atoms with van der Waals surface area (Å²) in [7, 11) is 0. The molecule has 2 rings (SSSR count). The third kappa shape index (κ3) is 2.94. The Hall–Kier alpha value is -0.840. The Bertz CT molecular complexity index is 384. The van der Waals surface area contributed by atoms with E-state index in [1.165, 1.54) is 0 Å². The fourth-order valence-electron chi connectivity index (χ4n) is 2.72. The molecule has 0 aliphatic carbocycles. The highest BCUT2D eigenvalue weighted by molar-refractivity contribution is 5.04. The maximum atomic E-state index is 9.97. The van der Waals surface area contributed by atoms with Gasteiger partial charge in [-0.25, -0.2) is 0 Å². The predicted molar refractivity (Wildman–Crippen MR) is 69.3 cm³/mol. The molecule has 102 valence electrons. The zero-order valence-corrected chi connectivity index (χ0v) is 11.6. The van der Waals surface area contributed by atoms with Crippen molar-refractivity contribution in [3.05, 3.63) is 24.2 Å². The van der Waals surface area contributed by atoms with E-state index in [-0.39, 0.29) is 17.2 Å². The summed E-state index contributed by atoms with van der Waals surface area (Å²) in [6.07, 6.45) is 1.90. The van der Waals surface area contributed by atoms with Crippen molar-refractivity contribution in [1.82, 2.24) is 5.32 Å². The van der Waals surface area contributed by atoms with E-state index >= 15 is 0 Å². The molecule has 2 atom stereocenters. The standard InChI is InChI=1S/C14H23NO3/c1-13(2)8-12(14(3,4)18-13)15-9-10(16)11-6-5-7-17-11/h5-7,10,12,15-16H,8-9H2,1-4H3/t10-,12+/m0/s1. The number of aliphatic hydroxyl groups is 1. The van der Waals surface area contributed by atoms with Gasteiger partial charge in [-0.15, -0.1) is 0 Å². The lowest BCUT2D eigenvalue weighted by Gasteiger charge is -2.28. The Balaban J connectivity index is 1.91. The molecule has 0 bridgehead atoms. The molecular formula is C14H23NO3. The van der Waals surface area contributed by atoms with Gasteiger partial charge in [-0.05, 0) is 46.2 Å². The summed E-state index contributed by atoms with van der Waals surface area (Å²) in [5.74, 6) is 0.596. The fraction of sp³-hybridized carbons (Fsp3) is 0.714. The lowest BCUT2D eigenvalue weighted by molar-refractivity contribution is -0.0703. The highest BCUT2D eigenvalue weighted by atomic mass is 16.5. The van der Waals surface area contributed by atoms with Crippen LogP contribution in [-0.4, -0.2) is 28.9 Å². The molecular weight excluding hydrogens is 230 g/mol. The van der Waals surface area contributed by atoms with Crippen molar-refractivity contribution in [2.24, 2.45) is 0 Å². The molecule has 1 aromatic rings. The monoisotopic (exact) mass is 253 g/mol. The van der Waals surface area contributed by atoms with Crippen LogP contribution in [0.4, 0.5) is 0 Å². The van der Waals surface area contributed by atoms with Crippen molar-refractivity contribution in [2.75, 3.05) is 6.54 Å². The number of hydrogen-bond acceptors (Lipinski definition) is 4. The van der Waals surface area contributed by atoms with Gasteiger partial charge >= 0.3 is 0 Å². The van der Waals surface area contributed by atoms with E-state index in [0.717, 1.165) is 6.42 Å². The molecule has 4 heteroatoms. The highest BCUT2D eigenvalue weighted by Crippen LogP contribution is 2.37. The van der Waals surface area contributed by atoms with E-state index in [9.17, 15) is 5.11 Å². The smallest absolute Gasteiger partial charge is 0.133 e. The van der Waals surface area contributed by atoms with Gasteiger partial charge in [-0.2, -0.15) is 0 Å². The molecule has 1 aliphatic heterocycles. The zero-order valence-electron chi connectivity index (χ0n) is 11.6. The third-order valence-electron chi connectivity index (χ3n) is 3.50. The van der Waals surface area contributed by atoms with Gasteiger partial charge in [0.1, 0.15) is 11.9 Å². The van der Waals surface area contributed by atoms with E-state index < -0.39 is 6.10 Å². The number of hydrogen-bond donors (Lipinski definition) is 2. The van der Waals surface area contributed by atoms with Crippen LogP contribution in [-0.2, 0) is 4.74 Å². The summed E-state index contributed by atoms with van der Waals surface area (Å²) in [6, 6.07) is 3.80. The summed E-state index contributed by atoms with van der Waals surface area (Å²) in [4.78, 5) is 0. The van der Waals surface area contributed by atoms with Crippen LogP contribution in [0.3, 0.4) is 0 Å². The predicted octanol–water partition coefficient (Wildman–Crippen LogP) is 2.25. The first-order valence-electron chi connectivity index (χ1n) is 6.45. The lowest BCUT2D eigenvalue weighted by Crippen LogP contribution is -2.44. The van der Waals surface area contributed by atoms with Gasteiger partial charge < -0.3 is 19.6 Å². The molecule has 4 nitrogen and oxygen atoms in total. The van der Waals surface area contributed by atoms with Gasteiger partial charge in [0.05, 0.1) is 17.5 Å². The molecule has 0 radical (unpaired) electrons. The Morgan fingerprint density at radius 2 is 2.17 bits per heavy atom. The van der Waals surface area contributed by atoms with Gasteiger partial charge in [-0.3, -0.25) is 0 Å². The Morgan fingerprint density at radius 3 is 2.67 bits per heavy atom. The van der Waals surface area contributed by atoms with Crippen LogP contribution < -0.4 is 5.32 Å². The summed E-state index contributed by atoms with van der Waals surface area (Å²) in [5, 5.41) is 13.4. The first-order chi connectivity index (χ1) is 8.30. The minimum absolute atomic E-state index is 0.114. The van der Waals surface area contributed by atoms with Gasteiger partial charge in [0.15, 0.2) is 0 Å². The number of aliphatic hydroxyl groups excluding tert-OH is 1. The van der Waals surface area contributed by atoms with Crippen molar-refractivity contribution in [3.63, 3.8) is 0 Å². The van der Waals surface area contributed by atoms with E-state index in [4.69, 9.17) is 9.15 Å². The molecule has 0 unspecified atom stereocenters. The number of furan rings is 1. The molecule has 0 aromatic carbocycles. The molecule has 2 N–H and O–H groups in total. The van der Waals surface area contributed by atoms with Crippen molar-refractivity contribution in [3.8, 4) is 0 Å². The van der Waals surface area contributed by atoms with Crippen LogP contribution in [0.15, 0.2) is 22.8 Å². The first-order valence-corrected chi connectivity index (χ1v) is 6.45. The van der Waals surface area contributed by atoms with Crippen molar-refractivity contribution < 1.29 is 14.3 Å². The molecule has 1 aliphatic rings. The largest absolute Gasteiger partial charge is 0.467 e. The number of rotatable bonds is 4. The Kier molecular flexibility index (Phi) is 3.54. The fourth-order valence-corrected chi connectivity index (χ4v) is 2.72. The SMILES string of the molecule is CC1(C)C[C@@H](NC[C@H](O)c2ccco2)C(C)(C)O1. The van der Waals surface area contributed by atoms with Crippen LogP contribution in [0.2, 0.25) is 0 Å². The van der Waals surface area contributed by atoms with Gasteiger partial charge in [-0.1, -0.05) is 0 Å². The van der Waals surface area contributed by atoms with Gasteiger partial charge in [0.2, 0.25) is 0 Å². The third-order valence-corrected chi connectivity index (χ3v) is 3.50. The average Bonchev–Trinajstić information content (AvgIpc) is 2.80. The van der Waals surface area contributed by atoms with Crippen molar-refractivity contribution in [1.29, 1.82) is 0 Å². The van der Waals surface area contributed by atoms with E-state index in [1.54, 1.807) is 18.4 Å². The molecule has 1 fully saturated rings. The van der Waals surface area contributed by atoms with Gasteiger partial charge in [0, 0.05) is 12.6 Å². The Labute approximate surface area is 108 Å². The summed E-state index contributed by atoms with van der Waals surface area (Å²) >= 11 is 0. The zero-order chi connectivity index (χ0) is 13.4. The second-order valence-electron chi connectivity index (χ2n) is 6.16. The molecule has 1 saturated heterocycles. The molecule has 2 heterocycles. The quantitative estimate of drug-likeness (QED) is 0.864. The minimum atomic E-state index is -0.612. The molecule has 0 saturated carbocycles. The molecule has 0 amide bonds. The van der Waals surface area contributed by atoms with Crippen LogP contribution in [0.25, 0.3) is 0 Å². The van der Waals surface area contributed by atoms with E-state index in [2.05, 4.69) is 33.0 Å². The topological polar surface area (TPSA) is 54.6 Å². The van der Waals surface area contributed by atoms with Crippen molar-refractivity contribution in [2.45, 2.75) is 57.5 Å². The summed E-state index contributed by atoms with van der Waals surface area (Å²) < 4.78 is 11.2. The Morgan fingerprint density at radius 1 is 1.44 bits per heavy atom. The summed E-state index contributed by atoms with van der Waals surface area (Å²) in [6.45, 7) is 8.83. The van der Waals surface area contributed by atoms with E-state index in [0.29, 0.717) is 12.3 Å². The summed E-state index contributed by atoms with van der Waals surface area (Å²) in [5.41, 5.74) is -0.330. The molecule has 1 aromatic heterocycles. The minimum Gasteiger partial charge on any atom is -0.467 e. The van der Waals surface area contributed by atoms with Crippen LogP contribution in [0.1, 0.15) is 46.0 Å². The molecule has 0 spiro atoms. The number of nitrogens with one attached hydrogen (secondary N) is 1. The average molecular weight is 253 g/mol.